The minimum absolute atomic E-state index is 0.859. The summed E-state index contributed by atoms with van der Waals surface area (Å²) in [5.41, 5.74) is 6.74. The molecule has 0 amide bonds. The van der Waals surface area contributed by atoms with Gasteiger partial charge in [-0.25, -0.2) is 15.0 Å². The third-order valence-electron chi connectivity index (χ3n) is 5.87. The molecule has 0 fully saturated rings. The molecule has 1 N–H and O–H groups in total. The third-order valence-corrected chi connectivity index (χ3v) is 6.95. The number of benzene rings is 1. The number of nitrogens with zero attached hydrogens (tertiary/aromatic N) is 3. The van der Waals surface area contributed by atoms with Gasteiger partial charge in [0.05, 0.1) is 10.2 Å². The summed E-state index contributed by atoms with van der Waals surface area (Å²) in [5.74, 6) is 0.941. The van der Waals surface area contributed by atoms with E-state index in [-0.39, 0.29) is 0 Å². The lowest BCUT2D eigenvalue weighted by Crippen LogP contribution is -2.06. The molecule has 29 heavy (non-hydrogen) atoms. The van der Waals surface area contributed by atoms with Crippen molar-refractivity contribution in [2.75, 3.05) is 11.9 Å². The van der Waals surface area contributed by atoms with E-state index in [1.54, 1.807) is 17.7 Å². The number of hydrogen-bond donors (Lipinski definition) is 1. The van der Waals surface area contributed by atoms with Crippen LogP contribution in [-0.4, -0.2) is 21.5 Å². The van der Waals surface area contributed by atoms with Gasteiger partial charge in [-0.3, -0.25) is 0 Å². The second-order valence-corrected chi connectivity index (χ2v) is 8.82. The lowest BCUT2D eigenvalue weighted by Gasteiger charge is -2.09. The minimum Gasteiger partial charge on any atom is -0.368 e. The molecule has 0 bridgehead atoms. The fourth-order valence-electron chi connectivity index (χ4n) is 4.42. The zero-order valence-electron chi connectivity index (χ0n) is 16.9. The standard InChI is InChI=1S/C24H26N4S/c1-2-3-12-19-17-10-7-11-18(17)20-21-22(29-24(20)28-19)23(27-15-26-21)25-14-13-16-8-5-4-6-9-16/h4-6,8-9,15H,2-3,7,10-14H2,1H3,(H,25,26,27). The fourth-order valence-corrected chi connectivity index (χ4v) is 5.57. The van der Waals surface area contributed by atoms with Crippen LogP contribution in [0.3, 0.4) is 0 Å². The van der Waals surface area contributed by atoms with E-state index in [1.807, 2.05) is 0 Å². The number of thiophene rings is 1. The van der Waals surface area contributed by atoms with Crippen LogP contribution in [0.5, 0.6) is 0 Å². The molecule has 0 saturated carbocycles. The van der Waals surface area contributed by atoms with E-state index in [2.05, 4.69) is 52.5 Å². The molecule has 0 saturated heterocycles. The number of anilines is 1. The molecular formula is C24H26N4S. The molecule has 5 rings (SSSR count). The maximum absolute atomic E-state index is 5.11. The summed E-state index contributed by atoms with van der Waals surface area (Å²) >= 11 is 1.75. The Kier molecular flexibility index (Phi) is 5.15. The number of nitrogens with one attached hydrogen (secondary N) is 1. The number of fused-ring (bicyclic) bond motifs is 5. The number of aromatic nitrogens is 3. The van der Waals surface area contributed by atoms with Crippen LogP contribution in [-0.2, 0) is 25.7 Å². The molecule has 5 heteroatoms. The van der Waals surface area contributed by atoms with Gasteiger partial charge in [0.15, 0.2) is 0 Å². The highest BCUT2D eigenvalue weighted by Crippen LogP contribution is 2.41. The zero-order valence-corrected chi connectivity index (χ0v) is 17.7. The topological polar surface area (TPSA) is 50.7 Å². The zero-order chi connectivity index (χ0) is 19.6. The number of hydrogen-bond acceptors (Lipinski definition) is 5. The van der Waals surface area contributed by atoms with Gasteiger partial charge in [-0.15, -0.1) is 11.3 Å². The van der Waals surface area contributed by atoms with Crippen molar-refractivity contribution in [3.05, 3.63) is 59.0 Å². The Labute approximate surface area is 175 Å². The van der Waals surface area contributed by atoms with Gasteiger partial charge in [-0.05, 0) is 55.2 Å². The molecule has 0 spiro atoms. The Bertz CT molecular complexity index is 1150. The molecule has 4 nitrogen and oxygen atoms in total. The number of rotatable bonds is 7. The van der Waals surface area contributed by atoms with E-state index in [0.717, 1.165) is 46.7 Å². The molecule has 148 valence electrons. The first-order chi connectivity index (χ1) is 14.3. The summed E-state index contributed by atoms with van der Waals surface area (Å²) in [6.07, 6.45) is 9.75. The monoisotopic (exact) mass is 402 g/mol. The molecule has 4 aromatic rings. The van der Waals surface area contributed by atoms with Gasteiger partial charge in [-0.2, -0.15) is 0 Å². The molecule has 3 heterocycles. The summed E-state index contributed by atoms with van der Waals surface area (Å²) in [7, 11) is 0. The Hall–Kier alpha value is -2.53. The normalized spacial score (nSPS) is 13.3. The van der Waals surface area contributed by atoms with Crippen LogP contribution in [0.2, 0.25) is 0 Å². The van der Waals surface area contributed by atoms with Crippen molar-refractivity contribution in [3.63, 3.8) is 0 Å². The first-order valence-electron chi connectivity index (χ1n) is 10.7. The Morgan fingerprint density at radius 3 is 2.76 bits per heavy atom. The molecule has 1 aromatic carbocycles. The van der Waals surface area contributed by atoms with Gasteiger partial charge >= 0.3 is 0 Å². The Morgan fingerprint density at radius 1 is 1.03 bits per heavy atom. The van der Waals surface area contributed by atoms with Crippen LogP contribution >= 0.6 is 11.3 Å². The van der Waals surface area contributed by atoms with Gasteiger partial charge in [-0.1, -0.05) is 43.7 Å². The van der Waals surface area contributed by atoms with Gasteiger partial charge in [0.2, 0.25) is 0 Å². The van der Waals surface area contributed by atoms with Gasteiger partial charge in [0.1, 0.15) is 17.0 Å². The van der Waals surface area contributed by atoms with Crippen LogP contribution in [0, 0.1) is 0 Å². The minimum atomic E-state index is 0.859. The summed E-state index contributed by atoms with van der Waals surface area (Å²) in [5, 5.41) is 4.83. The second kappa shape index (κ2) is 8.07. The van der Waals surface area contributed by atoms with Crippen molar-refractivity contribution in [1.82, 2.24) is 15.0 Å². The molecule has 3 aromatic heterocycles. The maximum atomic E-state index is 5.11. The van der Waals surface area contributed by atoms with Crippen LogP contribution in [0.1, 0.15) is 48.6 Å². The van der Waals surface area contributed by atoms with Crippen LogP contribution in [0.15, 0.2) is 36.7 Å². The number of aryl methyl sites for hydroxylation is 2. The van der Waals surface area contributed by atoms with Crippen molar-refractivity contribution in [3.8, 4) is 0 Å². The first kappa shape index (κ1) is 18.5. The predicted molar refractivity (Wildman–Crippen MR) is 122 cm³/mol. The van der Waals surface area contributed by atoms with E-state index >= 15 is 0 Å². The number of unbranched alkanes of at least 4 members (excludes halogenated alkanes) is 1. The lowest BCUT2D eigenvalue weighted by atomic mass is 10.0. The molecule has 0 radical (unpaired) electrons. The average Bonchev–Trinajstić information content (AvgIpc) is 3.37. The third kappa shape index (κ3) is 3.48. The first-order valence-corrected chi connectivity index (χ1v) is 11.5. The SMILES string of the molecule is CCCCc1nc2sc3c(NCCc4ccccc4)ncnc3c2c2c1CCC2. The second-order valence-electron chi connectivity index (χ2n) is 7.82. The highest BCUT2D eigenvalue weighted by atomic mass is 32.1. The van der Waals surface area contributed by atoms with Crippen molar-refractivity contribution in [1.29, 1.82) is 0 Å². The Balaban J connectivity index is 1.51. The number of pyridine rings is 1. The molecule has 0 atom stereocenters. The molecule has 0 aliphatic heterocycles. The predicted octanol–water partition coefficient (Wildman–Crippen LogP) is 5.73. The van der Waals surface area contributed by atoms with Crippen molar-refractivity contribution >= 4 is 37.6 Å². The van der Waals surface area contributed by atoms with Crippen molar-refractivity contribution < 1.29 is 0 Å². The van der Waals surface area contributed by atoms with E-state index in [4.69, 9.17) is 4.98 Å². The summed E-state index contributed by atoms with van der Waals surface area (Å²) < 4.78 is 1.14. The van der Waals surface area contributed by atoms with E-state index < -0.39 is 0 Å². The summed E-state index contributed by atoms with van der Waals surface area (Å²) in [6, 6.07) is 10.6. The van der Waals surface area contributed by atoms with Gasteiger partial charge in [0, 0.05) is 17.6 Å². The average molecular weight is 403 g/mol. The van der Waals surface area contributed by atoms with E-state index in [9.17, 15) is 0 Å². The largest absolute Gasteiger partial charge is 0.368 e. The van der Waals surface area contributed by atoms with Gasteiger partial charge < -0.3 is 5.32 Å². The molecule has 0 unspecified atom stereocenters. The van der Waals surface area contributed by atoms with Crippen molar-refractivity contribution in [2.24, 2.45) is 0 Å². The van der Waals surface area contributed by atoms with E-state index in [0.29, 0.717) is 0 Å². The van der Waals surface area contributed by atoms with Crippen LogP contribution < -0.4 is 5.32 Å². The van der Waals surface area contributed by atoms with Gasteiger partial charge in [0.25, 0.3) is 0 Å². The fraction of sp³-hybridized carbons (Fsp3) is 0.375. The maximum Gasteiger partial charge on any atom is 0.147 e. The molecule has 1 aliphatic carbocycles. The molecule has 1 aliphatic rings. The smallest absolute Gasteiger partial charge is 0.147 e. The van der Waals surface area contributed by atoms with E-state index in [1.165, 1.54) is 53.5 Å². The van der Waals surface area contributed by atoms with Crippen LogP contribution in [0.4, 0.5) is 5.82 Å². The lowest BCUT2D eigenvalue weighted by molar-refractivity contribution is 0.770. The summed E-state index contributed by atoms with van der Waals surface area (Å²) in [4.78, 5) is 15.5. The van der Waals surface area contributed by atoms with Crippen molar-refractivity contribution in [2.45, 2.75) is 51.9 Å². The van der Waals surface area contributed by atoms with Crippen LogP contribution in [0.25, 0.3) is 20.4 Å². The Morgan fingerprint density at radius 2 is 1.90 bits per heavy atom. The summed E-state index contributed by atoms with van der Waals surface area (Å²) in [6.45, 7) is 3.11. The molecular weight excluding hydrogens is 376 g/mol. The quantitative estimate of drug-likeness (QED) is 0.429. The highest BCUT2D eigenvalue weighted by Gasteiger charge is 2.23. The highest BCUT2D eigenvalue weighted by molar-refractivity contribution is 7.26.